The molecule has 0 rings (SSSR count). The number of nitrogens with one attached hydrogen (secondary N) is 2. The van der Waals surface area contributed by atoms with Gasteiger partial charge in [0.15, 0.2) is 0 Å². The van der Waals surface area contributed by atoms with Crippen LogP contribution in [0, 0.1) is 0 Å². The summed E-state index contributed by atoms with van der Waals surface area (Å²) in [6.45, 7) is 3.93. The van der Waals surface area contributed by atoms with Crippen LogP contribution in [0.25, 0.3) is 0 Å². The van der Waals surface area contributed by atoms with Gasteiger partial charge in [-0.3, -0.25) is 4.21 Å². The van der Waals surface area contributed by atoms with Crippen molar-refractivity contribution in [1.29, 1.82) is 0 Å². The van der Waals surface area contributed by atoms with Crippen LogP contribution in [0.1, 0.15) is 26.7 Å². The minimum Gasteiger partial charge on any atom is -0.480 e. The number of amides is 2. The number of rotatable bonds is 8. The molecular formula is C10H20N2O4S. The maximum absolute atomic E-state index is 11.3. The van der Waals surface area contributed by atoms with Gasteiger partial charge in [-0.25, -0.2) is 9.59 Å². The first kappa shape index (κ1) is 15.9. The molecule has 0 aromatic rings. The largest absolute Gasteiger partial charge is 0.480 e. The van der Waals surface area contributed by atoms with Crippen molar-refractivity contribution in [1.82, 2.24) is 10.6 Å². The Bertz CT molecular complexity index is 283. The van der Waals surface area contributed by atoms with Crippen LogP contribution >= 0.6 is 0 Å². The van der Waals surface area contributed by atoms with Crippen molar-refractivity contribution >= 4 is 22.8 Å². The van der Waals surface area contributed by atoms with E-state index in [1.54, 1.807) is 6.92 Å². The van der Waals surface area contributed by atoms with Gasteiger partial charge >= 0.3 is 12.0 Å². The van der Waals surface area contributed by atoms with Gasteiger partial charge in [0.2, 0.25) is 0 Å². The van der Waals surface area contributed by atoms with E-state index in [1.165, 1.54) is 0 Å². The summed E-state index contributed by atoms with van der Waals surface area (Å²) in [5.74, 6) is -0.106. The lowest BCUT2D eigenvalue weighted by Crippen LogP contribution is -2.46. The summed E-state index contributed by atoms with van der Waals surface area (Å²) in [7, 11) is -0.927. The SMILES string of the molecule is CCCC(NC(=O)NCCS(=O)CC)C(=O)O. The molecule has 2 amide bonds. The monoisotopic (exact) mass is 264 g/mol. The number of hydrogen-bond donors (Lipinski definition) is 3. The molecular weight excluding hydrogens is 244 g/mol. The van der Waals surface area contributed by atoms with Gasteiger partial charge in [-0.15, -0.1) is 0 Å². The molecule has 0 heterocycles. The third kappa shape index (κ3) is 7.73. The summed E-state index contributed by atoms with van der Waals surface area (Å²) in [4.78, 5) is 22.1. The summed E-state index contributed by atoms with van der Waals surface area (Å²) in [6, 6.07) is -1.39. The average Bonchev–Trinajstić information content (AvgIpc) is 2.28. The zero-order chi connectivity index (χ0) is 13.3. The van der Waals surface area contributed by atoms with Gasteiger partial charge in [0.1, 0.15) is 6.04 Å². The second-order valence-corrected chi connectivity index (χ2v) is 5.38. The molecule has 6 nitrogen and oxygen atoms in total. The maximum atomic E-state index is 11.3. The van der Waals surface area contributed by atoms with E-state index in [0.29, 0.717) is 24.3 Å². The van der Waals surface area contributed by atoms with Crippen molar-refractivity contribution in [2.24, 2.45) is 0 Å². The maximum Gasteiger partial charge on any atom is 0.326 e. The van der Waals surface area contributed by atoms with Crippen LogP contribution in [-0.4, -0.2) is 45.4 Å². The normalized spacial score (nSPS) is 13.8. The third-order valence-electron chi connectivity index (χ3n) is 2.12. The highest BCUT2D eigenvalue weighted by Gasteiger charge is 2.18. The molecule has 0 fully saturated rings. The van der Waals surface area contributed by atoms with Crippen LogP contribution in [0.5, 0.6) is 0 Å². The van der Waals surface area contributed by atoms with Gasteiger partial charge in [-0.1, -0.05) is 20.3 Å². The van der Waals surface area contributed by atoms with Crippen LogP contribution in [0.2, 0.25) is 0 Å². The quantitative estimate of drug-likeness (QED) is 0.588. The summed E-state index contributed by atoms with van der Waals surface area (Å²) < 4.78 is 11.1. The molecule has 0 aliphatic heterocycles. The molecule has 100 valence electrons. The summed E-state index contributed by atoms with van der Waals surface area (Å²) >= 11 is 0. The Kier molecular flexibility index (Phi) is 8.39. The van der Waals surface area contributed by atoms with E-state index in [9.17, 15) is 13.8 Å². The fourth-order valence-corrected chi connectivity index (χ4v) is 1.80. The second-order valence-electron chi connectivity index (χ2n) is 3.51. The number of carboxylic acid groups (broad SMARTS) is 1. The minimum atomic E-state index is -1.04. The van der Waals surface area contributed by atoms with Crippen molar-refractivity contribution in [3.8, 4) is 0 Å². The number of aliphatic carboxylic acids is 1. The molecule has 0 aromatic heterocycles. The third-order valence-corrected chi connectivity index (χ3v) is 3.42. The van der Waals surface area contributed by atoms with Gasteiger partial charge < -0.3 is 15.7 Å². The van der Waals surface area contributed by atoms with E-state index in [2.05, 4.69) is 10.6 Å². The molecule has 0 aliphatic rings. The highest BCUT2D eigenvalue weighted by Crippen LogP contribution is 1.96. The van der Waals surface area contributed by atoms with E-state index in [1.807, 2.05) is 6.92 Å². The van der Waals surface area contributed by atoms with Crippen molar-refractivity contribution < 1.29 is 18.9 Å². The predicted octanol–water partition coefficient (Wildman–Crippen LogP) is 0.308. The standard InChI is InChI=1S/C10H20N2O4S/c1-3-5-8(9(13)14)12-10(15)11-6-7-17(16)4-2/h8H,3-7H2,1-2H3,(H,13,14)(H2,11,12,15). The molecule has 0 radical (unpaired) electrons. The lowest BCUT2D eigenvalue weighted by molar-refractivity contribution is -0.139. The highest BCUT2D eigenvalue weighted by atomic mass is 32.2. The highest BCUT2D eigenvalue weighted by molar-refractivity contribution is 7.84. The average molecular weight is 264 g/mol. The van der Waals surface area contributed by atoms with Crippen LogP contribution in [0.4, 0.5) is 4.79 Å². The van der Waals surface area contributed by atoms with E-state index < -0.39 is 28.8 Å². The summed E-state index contributed by atoms with van der Waals surface area (Å²) in [6.07, 6.45) is 1.07. The molecule has 0 spiro atoms. The Morgan fingerprint density at radius 2 is 2.00 bits per heavy atom. The van der Waals surface area contributed by atoms with E-state index >= 15 is 0 Å². The zero-order valence-corrected chi connectivity index (χ0v) is 11.0. The van der Waals surface area contributed by atoms with Crippen molar-refractivity contribution in [3.05, 3.63) is 0 Å². The number of carboxylic acids is 1. The predicted molar refractivity (Wildman–Crippen MR) is 66.4 cm³/mol. The first-order chi connectivity index (χ1) is 8.01. The van der Waals surface area contributed by atoms with Gasteiger partial charge in [0.05, 0.1) is 0 Å². The van der Waals surface area contributed by atoms with Gasteiger partial charge in [0, 0.05) is 28.9 Å². The van der Waals surface area contributed by atoms with E-state index in [0.717, 1.165) is 0 Å². The summed E-state index contributed by atoms with van der Waals surface area (Å²) in [5, 5.41) is 13.7. The number of carbonyl (C=O) groups excluding carboxylic acids is 1. The fraction of sp³-hybridized carbons (Fsp3) is 0.800. The number of urea groups is 1. The van der Waals surface area contributed by atoms with E-state index in [-0.39, 0.29) is 6.54 Å². The minimum absolute atomic E-state index is 0.282. The smallest absolute Gasteiger partial charge is 0.326 e. The second kappa shape index (κ2) is 8.98. The molecule has 17 heavy (non-hydrogen) atoms. The van der Waals surface area contributed by atoms with Gasteiger partial charge in [-0.2, -0.15) is 0 Å². The molecule has 0 saturated carbocycles. The molecule has 0 bridgehead atoms. The number of hydrogen-bond acceptors (Lipinski definition) is 3. The van der Waals surface area contributed by atoms with Crippen LogP contribution in [0.3, 0.4) is 0 Å². The van der Waals surface area contributed by atoms with Crippen LogP contribution in [-0.2, 0) is 15.6 Å². The van der Waals surface area contributed by atoms with Crippen molar-refractivity contribution in [3.63, 3.8) is 0 Å². The van der Waals surface area contributed by atoms with Gasteiger partial charge in [-0.05, 0) is 6.42 Å². The molecule has 0 saturated heterocycles. The molecule has 7 heteroatoms. The van der Waals surface area contributed by atoms with E-state index in [4.69, 9.17) is 5.11 Å². The Morgan fingerprint density at radius 1 is 1.35 bits per heavy atom. The Labute approximate surface area is 104 Å². The van der Waals surface area contributed by atoms with Crippen molar-refractivity contribution in [2.45, 2.75) is 32.7 Å². The molecule has 2 unspecified atom stereocenters. The summed E-state index contributed by atoms with van der Waals surface area (Å²) in [5.41, 5.74) is 0. The first-order valence-corrected chi connectivity index (χ1v) is 7.12. The molecule has 0 aromatic carbocycles. The molecule has 2 atom stereocenters. The van der Waals surface area contributed by atoms with Crippen LogP contribution < -0.4 is 10.6 Å². The Hall–Kier alpha value is -1.11. The lowest BCUT2D eigenvalue weighted by atomic mass is 10.2. The molecule has 3 N–H and O–H groups in total. The van der Waals surface area contributed by atoms with Gasteiger partial charge in [0.25, 0.3) is 0 Å². The van der Waals surface area contributed by atoms with Crippen molar-refractivity contribution in [2.75, 3.05) is 18.1 Å². The zero-order valence-electron chi connectivity index (χ0n) is 10.2. The molecule has 0 aliphatic carbocycles. The fourth-order valence-electron chi connectivity index (χ4n) is 1.18. The van der Waals surface area contributed by atoms with Crippen LogP contribution in [0.15, 0.2) is 0 Å². The Balaban J connectivity index is 3.90. The topological polar surface area (TPSA) is 95.5 Å². The first-order valence-electron chi connectivity index (χ1n) is 5.63. The Morgan fingerprint density at radius 3 is 2.47 bits per heavy atom. The lowest BCUT2D eigenvalue weighted by Gasteiger charge is -2.14. The number of carbonyl (C=O) groups is 2.